The first-order valence-electron chi connectivity index (χ1n) is 7.43. The first kappa shape index (κ1) is 12.8. The van der Waals surface area contributed by atoms with Crippen LogP contribution in [0.15, 0.2) is 12.3 Å². The van der Waals surface area contributed by atoms with Gasteiger partial charge in [-0.25, -0.2) is 0 Å². The summed E-state index contributed by atoms with van der Waals surface area (Å²) in [5.74, 6) is 0.142. The first-order chi connectivity index (χ1) is 10.2. The van der Waals surface area contributed by atoms with Crippen LogP contribution in [0.3, 0.4) is 0 Å². The predicted molar refractivity (Wildman–Crippen MR) is 72.0 cm³/mol. The minimum atomic E-state index is -0.557. The van der Waals surface area contributed by atoms with Gasteiger partial charge in [-0.3, -0.25) is 14.7 Å². The summed E-state index contributed by atoms with van der Waals surface area (Å²) in [6.45, 7) is 2.07. The Morgan fingerprint density at radius 3 is 3.24 bits per heavy atom. The average Bonchev–Trinajstić information content (AvgIpc) is 3.14. The van der Waals surface area contributed by atoms with Crippen molar-refractivity contribution in [1.82, 2.24) is 20.0 Å². The third-order valence-corrected chi connectivity index (χ3v) is 4.83. The maximum absolute atomic E-state index is 12.5. The zero-order valence-electron chi connectivity index (χ0n) is 11.7. The van der Waals surface area contributed by atoms with Crippen LogP contribution >= 0.6 is 0 Å². The summed E-state index contributed by atoms with van der Waals surface area (Å²) in [6, 6.07) is 1.66. The van der Waals surface area contributed by atoms with Crippen molar-refractivity contribution in [1.29, 1.82) is 0 Å². The van der Waals surface area contributed by atoms with Crippen molar-refractivity contribution in [2.75, 3.05) is 19.7 Å². The van der Waals surface area contributed by atoms with Crippen molar-refractivity contribution in [3.8, 4) is 0 Å². The van der Waals surface area contributed by atoms with Crippen molar-refractivity contribution in [3.63, 3.8) is 0 Å². The highest BCUT2D eigenvalue weighted by molar-refractivity contribution is 5.85. The summed E-state index contributed by atoms with van der Waals surface area (Å²) < 4.78 is 5.99. The molecule has 2 amide bonds. The number of nitrogens with one attached hydrogen (secondary N) is 1. The molecule has 2 atom stereocenters. The fourth-order valence-corrected chi connectivity index (χ4v) is 3.90. The quantitative estimate of drug-likeness (QED) is 0.825. The van der Waals surface area contributed by atoms with Crippen LogP contribution in [-0.2, 0) is 20.7 Å². The number of H-pyrrole nitrogens is 1. The van der Waals surface area contributed by atoms with Gasteiger partial charge in [0, 0.05) is 31.4 Å². The number of rotatable bonds is 2. The predicted octanol–water partition coefficient (Wildman–Crippen LogP) is -0.0980. The highest BCUT2D eigenvalue weighted by Gasteiger charge is 2.61. The SMILES string of the molecule is O=C(Cc1ccn[nH]1)N1CC[C@@]23OCCCN2C(=O)C[C@@H]13. The lowest BCUT2D eigenvalue weighted by Gasteiger charge is -2.42. The molecule has 0 unspecified atom stereocenters. The van der Waals surface area contributed by atoms with Gasteiger partial charge in [-0.15, -0.1) is 0 Å². The van der Waals surface area contributed by atoms with E-state index in [1.54, 1.807) is 12.3 Å². The van der Waals surface area contributed by atoms with Crippen LogP contribution in [0.1, 0.15) is 25.0 Å². The van der Waals surface area contributed by atoms with E-state index in [1.807, 2.05) is 9.80 Å². The molecule has 1 aromatic heterocycles. The number of aromatic nitrogens is 2. The summed E-state index contributed by atoms with van der Waals surface area (Å²) in [5, 5.41) is 6.67. The minimum Gasteiger partial charge on any atom is -0.353 e. The molecule has 1 N–H and O–H groups in total. The molecular weight excluding hydrogens is 272 g/mol. The highest BCUT2D eigenvalue weighted by atomic mass is 16.5. The molecule has 112 valence electrons. The van der Waals surface area contributed by atoms with Gasteiger partial charge >= 0.3 is 0 Å². The van der Waals surface area contributed by atoms with Gasteiger partial charge < -0.3 is 14.5 Å². The van der Waals surface area contributed by atoms with Crippen LogP contribution in [0.5, 0.6) is 0 Å². The van der Waals surface area contributed by atoms with Crippen LogP contribution in [0.4, 0.5) is 0 Å². The molecule has 0 aliphatic carbocycles. The van der Waals surface area contributed by atoms with Gasteiger partial charge in [-0.05, 0) is 12.5 Å². The number of ether oxygens (including phenoxy) is 1. The van der Waals surface area contributed by atoms with Gasteiger partial charge in [0.15, 0.2) is 5.72 Å². The molecular formula is C14H18N4O3. The van der Waals surface area contributed by atoms with E-state index < -0.39 is 5.72 Å². The van der Waals surface area contributed by atoms with Crippen molar-refractivity contribution in [3.05, 3.63) is 18.0 Å². The Hall–Kier alpha value is -1.89. The van der Waals surface area contributed by atoms with Gasteiger partial charge in [-0.1, -0.05) is 0 Å². The number of nitrogens with zero attached hydrogens (tertiary/aromatic N) is 3. The number of likely N-dealkylation sites (tertiary alicyclic amines) is 1. The molecule has 3 aliphatic rings. The Labute approximate surface area is 122 Å². The van der Waals surface area contributed by atoms with Crippen molar-refractivity contribution in [2.24, 2.45) is 0 Å². The summed E-state index contributed by atoms with van der Waals surface area (Å²) in [7, 11) is 0. The Bertz CT molecular complexity index is 573. The third kappa shape index (κ3) is 1.80. The molecule has 1 spiro atoms. The molecule has 4 rings (SSSR count). The molecule has 7 heteroatoms. The van der Waals surface area contributed by atoms with E-state index in [0.29, 0.717) is 26.0 Å². The second-order valence-corrected chi connectivity index (χ2v) is 5.91. The van der Waals surface area contributed by atoms with Crippen LogP contribution in [0.25, 0.3) is 0 Å². The second-order valence-electron chi connectivity index (χ2n) is 5.91. The standard InChI is InChI=1S/C14H18N4O3/c19-12(8-10-2-4-15-16-10)17-6-3-14-11(17)9-13(20)18(14)5-1-7-21-14/h2,4,11H,1,3,5-9H2,(H,15,16)/t11-,14+/m1/s1. The zero-order valence-corrected chi connectivity index (χ0v) is 11.7. The molecule has 1 aromatic rings. The molecule has 3 saturated heterocycles. The number of hydrogen-bond donors (Lipinski definition) is 1. The van der Waals surface area contributed by atoms with Crippen LogP contribution in [-0.4, -0.2) is 63.3 Å². The lowest BCUT2D eigenvalue weighted by Crippen LogP contribution is -2.56. The number of aromatic amines is 1. The van der Waals surface area contributed by atoms with Crippen molar-refractivity contribution >= 4 is 11.8 Å². The summed E-state index contributed by atoms with van der Waals surface area (Å²) in [5.41, 5.74) is 0.241. The van der Waals surface area contributed by atoms with E-state index in [1.165, 1.54) is 0 Å². The second kappa shape index (κ2) is 4.56. The summed E-state index contributed by atoms with van der Waals surface area (Å²) in [6.07, 6.45) is 3.91. The highest BCUT2D eigenvalue weighted by Crippen LogP contribution is 2.44. The van der Waals surface area contributed by atoms with Gasteiger partial charge in [0.05, 0.1) is 25.5 Å². The molecule has 3 aliphatic heterocycles. The Morgan fingerprint density at radius 1 is 1.52 bits per heavy atom. The molecule has 4 heterocycles. The molecule has 0 bridgehead atoms. The molecule has 0 radical (unpaired) electrons. The molecule has 7 nitrogen and oxygen atoms in total. The van der Waals surface area contributed by atoms with E-state index in [-0.39, 0.29) is 17.9 Å². The number of carbonyl (C=O) groups excluding carboxylic acids is 2. The average molecular weight is 290 g/mol. The van der Waals surface area contributed by atoms with Gasteiger partial charge in [-0.2, -0.15) is 5.10 Å². The Kier molecular flexibility index (Phi) is 2.78. The van der Waals surface area contributed by atoms with E-state index in [2.05, 4.69) is 10.2 Å². The van der Waals surface area contributed by atoms with E-state index in [4.69, 9.17) is 4.74 Å². The smallest absolute Gasteiger partial charge is 0.228 e. The first-order valence-corrected chi connectivity index (χ1v) is 7.43. The van der Waals surface area contributed by atoms with Gasteiger partial charge in [0.1, 0.15) is 0 Å². The molecule has 21 heavy (non-hydrogen) atoms. The lowest BCUT2D eigenvalue weighted by atomic mass is 10.0. The molecule has 3 fully saturated rings. The van der Waals surface area contributed by atoms with Crippen LogP contribution in [0.2, 0.25) is 0 Å². The number of carbonyl (C=O) groups is 2. The van der Waals surface area contributed by atoms with Crippen molar-refractivity contribution < 1.29 is 14.3 Å². The summed E-state index contributed by atoms with van der Waals surface area (Å²) in [4.78, 5) is 28.4. The van der Waals surface area contributed by atoms with E-state index >= 15 is 0 Å². The fourth-order valence-electron chi connectivity index (χ4n) is 3.90. The fraction of sp³-hybridized carbons (Fsp3) is 0.643. The third-order valence-electron chi connectivity index (χ3n) is 4.83. The zero-order chi connectivity index (χ0) is 14.4. The monoisotopic (exact) mass is 290 g/mol. The van der Waals surface area contributed by atoms with Crippen LogP contribution in [0, 0.1) is 0 Å². The maximum atomic E-state index is 12.5. The minimum absolute atomic E-state index is 0.0324. The summed E-state index contributed by atoms with van der Waals surface area (Å²) >= 11 is 0. The number of amides is 2. The topological polar surface area (TPSA) is 78.5 Å². The van der Waals surface area contributed by atoms with E-state index in [9.17, 15) is 9.59 Å². The Morgan fingerprint density at radius 2 is 2.43 bits per heavy atom. The van der Waals surface area contributed by atoms with Gasteiger partial charge in [0.25, 0.3) is 0 Å². The van der Waals surface area contributed by atoms with E-state index in [0.717, 1.165) is 25.1 Å². The maximum Gasteiger partial charge on any atom is 0.228 e. The molecule has 0 saturated carbocycles. The molecule has 0 aromatic carbocycles. The van der Waals surface area contributed by atoms with Crippen molar-refractivity contribution in [2.45, 2.75) is 37.5 Å². The largest absolute Gasteiger partial charge is 0.353 e. The Balaban J connectivity index is 1.56. The van der Waals surface area contributed by atoms with Gasteiger partial charge in [0.2, 0.25) is 11.8 Å². The van der Waals surface area contributed by atoms with Crippen LogP contribution < -0.4 is 0 Å². The number of hydrogen-bond acceptors (Lipinski definition) is 4. The normalized spacial score (nSPS) is 31.4. The lowest BCUT2D eigenvalue weighted by molar-refractivity contribution is -0.181.